The molecule has 1 saturated heterocycles. The molecule has 156 valence electrons. The van der Waals surface area contributed by atoms with Gasteiger partial charge in [0.05, 0.1) is 13.0 Å². The number of hydrogen-bond donors (Lipinski definition) is 2. The zero-order valence-corrected chi connectivity index (χ0v) is 17.7. The van der Waals surface area contributed by atoms with E-state index in [2.05, 4.69) is 22.4 Å². The first kappa shape index (κ1) is 20.3. The number of rotatable bonds is 7. The van der Waals surface area contributed by atoms with Crippen LogP contribution in [0.25, 0.3) is 10.9 Å². The van der Waals surface area contributed by atoms with Gasteiger partial charge >= 0.3 is 0 Å². The third-order valence-corrected chi connectivity index (χ3v) is 6.39. The summed E-state index contributed by atoms with van der Waals surface area (Å²) >= 11 is 1.62. The number of thioether (sulfide) groups is 1. The molecule has 1 aliphatic heterocycles. The van der Waals surface area contributed by atoms with E-state index < -0.39 is 6.04 Å². The van der Waals surface area contributed by atoms with Gasteiger partial charge < -0.3 is 19.9 Å². The van der Waals surface area contributed by atoms with E-state index in [9.17, 15) is 9.59 Å². The standard InChI is InChI=1S/C23H25N3O3S/c1-29-18-11-9-17(10-12-18)25-23(28)21-14-30-15-26(21)22(27)8-4-5-16-13-24-20-7-3-2-6-19(16)20/h2-3,6-7,9-13,21,24H,4-5,8,14-15H2,1H3,(H,25,28). The van der Waals surface area contributed by atoms with Crippen molar-refractivity contribution in [2.24, 2.45) is 0 Å². The van der Waals surface area contributed by atoms with E-state index in [0.717, 1.165) is 24.1 Å². The van der Waals surface area contributed by atoms with Crippen LogP contribution >= 0.6 is 11.8 Å². The Hall–Kier alpha value is -2.93. The van der Waals surface area contributed by atoms with Gasteiger partial charge in [-0.1, -0.05) is 18.2 Å². The molecule has 0 saturated carbocycles. The van der Waals surface area contributed by atoms with Crippen LogP contribution in [0.2, 0.25) is 0 Å². The van der Waals surface area contributed by atoms with Crippen molar-refractivity contribution in [1.82, 2.24) is 9.88 Å². The van der Waals surface area contributed by atoms with Crippen molar-refractivity contribution in [1.29, 1.82) is 0 Å². The number of nitrogens with zero attached hydrogens (tertiary/aromatic N) is 1. The maximum atomic E-state index is 12.8. The highest BCUT2D eigenvalue weighted by Crippen LogP contribution is 2.25. The Labute approximate surface area is 180 Å². The molecular formula is C23H25N3O3S. The largest absolute Gasteiger partial charge is 0.497 e. The van der Waals surface area contributed by atoms with Crippen LogP contribution in [-0.4, -0.2) is 46.5 Å². The van der Waals surface area contributed by atoms with Crippen molar-refractivity contribution >= 4 is 40.2 Å². The van der Waals surface area contributed by atoms with Gasteiger partial charge in [-0.3, -0.25) is 9.59 Å². The van der Waals surface area contributed by atoms with Crippen LogP contribution < -0.4 is 10.1 Å². The molecule has 1 aliphatic rings. The molecule has 1 atom stereocenters. The lowest BCUT2D eigenvalue weighted by molar-refractivity contribution is -0.136. The number of fused-ring (bicyclic) bond motifs is 1. The number of aromatic amines is 1. The molecule has 0 spiro atoms. The normalized spacial score (nSPS) is 16.0. The average molecular weight is 424 g/mol. The Bertz CT molecular complexity index is 1030. The molecule has 0 aliphatic carbocycles. The third kappa shape index (κ3) is 4.46. The van der Waals surface area contributed by atoms with Crippen LogP contribution in [0.15, 0.2) is 54.7 Å². The number of carbonyl (C=O) groups is 2. The second-order valence-electron chi connectivity index (χ2n) is 7.31. The van der Waals surface area contributed by atoms with Crippen LogP contribution in [-0.2, 0) is 16.0 Å². The Morgan fingerprint density at radius 2 is 2.00 bits per heavy atom. The molecular weight excluding hydrogens is 398 g/mol. The number of aryl methyl sites for hydroxylation is 1. The monoisotopic (exact) mass is 423 g/mol. The zero-order valence-electron chi connectivity index (χ0n) is 16.9. The predicted molar refractivity (Wildman–Crippen MR) is 121 cm³/mol. The molecule has 2 amide bonds. The van der Waals surface area contributed by atoms with Crippen molar-refractivity contribution in [3.63, 3.8) is 0 Å². The van der Waals surface area contributed by atoms with E-state index in [4.69, 9.17) is 4.74 Å². The Kier molecular flexibility index (Phi) is 6.28. The predicted octanol–water partition coefficient (Wildman–Crippen LogP) is 4.04. The first-order valence-electron chi connectivity index (χ1n) is 10.0. The Morgan fingerprint density at radius 1 is 1.20 bits per heavy atom. The van der Waals surface area contributed by atoms with Crippen molar-refractivity contribution < 1.29 is 14.3 Å². The number of hydrogen-bond acceptors (Lipinski definition) is 4. The average Bonchev–Trinajstić information content (AvgIpc) is 3.42. The molecule has 3 aromatic rings. The third-order valence-electron chi connectivity index (χ3n) is 5.37. The van der Waals surface area contributed by atoms with Crippen molar-refractivity contribution in [3.05, 3.63) is 60.3 Å². The number of H-pyrrole nitrogens is 1. The van der Waals surface area contributed by atoms with Gasteiger partial charge in [-0.25, -0.2) is 0 Å². The minimum Gasteiger partial charge on any atom is -0.497 e. The van der Waals surface area contributed by atoms with E-state index in [1.807, 2.05) is 18.3 Å². The van der Waals surface area contributed by atoms with Crippen LogP contribution in [0, 0.1) is 0 Å². The molecule has 1 fully saturated rings. The molecule has 0 bridgehead atoms. The van der Waals surface area contributed by atoms with Gasteiger partial charge in [-0.2, -0.15) is 0 Å². The summed E-state index contributed by atoms with van der Waals surface area (Å²) in [5.74, 6) is 1.81. The number of para-hydroxylation sites is 1. The first-order chi connectivity index (χ1) is 14.7. The van der Waals surface area contributed by atoms with Crippen LogP contribution in [0.3, 0.4) is 0 Å². The number of carbonyl (C=O) groups excluding carboxylic acids is 2. The summed E-state index contributed by atoms with van der Waals surface area (Å²) in [7, 11) is 1.60. The first-order valence-corrected chi connectivity index (χ1v) is 11.2. The summed E-state index contributed by atoms with van der Waals surface area (Å²) in [6, 6.07) is 14.9. The SMILES string of the molecule is COc1ccc(NC(=O)C2CSCN2C(=O)CCCc2c[nH]c3ccccc23)cc1. The molecule has 7 heteroatoms. The second kappa shape index (κ2) is 9.26. The van der Waals surface area contributed by atoms with E-state index in [0.29, 0.717) is 23.7 Å². The van der Waals surface area contributed by atoms with Crippen molar-refractivity contribution in [3.8, 4) is 5.75 Å². The molecule has 2 aromatic carbocycles. The smallest absolute Gasteiger partial charge is 0.248 e. The van der Waals surface area contributed by atoms with Gasteiger partial charge in [0.1, 0.15) is 11.8 Å². The van der Waals surface area contributed by atoms with Crippen LogP contribution in [0.4, 0.5) is 5.69 Å². The lowest BCUT2D eigenvalue weighted by Gasteiger charge is -2.23. The summed E-state index contributed by atoms with van der Waals surface area (Å²) in [5, 5.41) is 4.12. The number of nitrogens with one attached hydrogen (secondary N) is 2. The van der Waals surface area contributed by atoms with Crippen molar-refractivity contribution in [2.75, 3.05) is 24.1 Å². The molecule has 1 unspecified atom stereocenters. The number of aromatic nitrogens is 1. The minimum atomic E-state index is -0.433. The quantitative estimate of drug-likeness (QED) is 0.602. The number of amides is 2. The summed E-state index contributed by atoms with van der Waals surface area (Å²) in [6.45, 7) is 0. The fraction of sp³-hybridized carbons (Fsp3) is 0.304. The van der Waals surface area contributed by atoms with E-state index in [1.54, 1.807) is 48.0 Å². The van der Waals surface area contributed by atoms with E-state index in [1.165, 1.54) is 10.9 Å². The number of anilines is 1. The van der Waals surface area contributed by atoms with Crippen LogP contribution in [0.5, 0.6) is 5.75 Å². The fourth-order valence-electron chi connectivity index (χ4n) is 3.72. The molecule has 2 heterocycles. The van der Waals surface area contributed by atoms with E-state index >= 15 is 0 Å². The van der Waals surface area contributed by atoms with Crippen LogP contribution in [0.1, 0.15) is 18.4 Å². The van der Waals surface area contributed by atoms with Gasteiger partial charge in [-0.05, 0) is 48.7 Å². The van der Waals surface area contributed by atoms with Gasteiger partial charge in [-0.15, -0.1) is 11.8 Å². The summed E-state index contributed by atoms with van der Waals surface area (Å²) < 4.78 is 5.14. The van der Waals surface area contributed by atoms with E-state index in [-0.39, 0.29) is 11.8 Å². The minimum absolute atomic E-state index is 0.0368. The highest BCUT2D eigenvalue weighted by atomic mass is 32.2. The van der Waals surface area contributed by atoms with Gasteiger partial charge in [0, 0.05) is 35.0 Å². The Morgan fingerprint density at radius 3 is 2.80 bits per heavy atom. The highest BCUT2D eigenvalue weighted by molar-refractivity contribution is 7.99. The summed E-state index contributed by atoms with van der Waals surface area (Å²) in [5.41, 5.74) is 3.04. The number of ether oxygens (including phenoxy) is 1. The van der Waals surface area contributed by atoms with Gasteiger partial charge in [0.2, 0.25) is 11.8 Å². The Balaban J connectivity index is 1.31. The number of methoxy groups -OCH3 is 1. The molecule has 6 nitrogen and oxygen atoms in total. The van der Waals surface area contributed by atoms with Crippen molar-refractivity contribution in [2.45, 2.75) is 25.3 Å². The molecule has 0 radical (unpaired) electrons. The maximum Gasteiger partial charge on any atom is 0.248 e. The molecule has 2 N–H and O–H groups in total. The molecule has 30 heavy (non-hydrogen) atoms. The topological polar surface area (TPSA) is 74.4 Å². The maximum absolute atomic E-state index is 12.8. The number of benzene rings is 2. The zero-order chi connectivity index (χ0) is 20.9. The lowest BCUT2D eigenvalue weighted by atomic mass is 10.1. The highest BCUT2D eigenvalue weighted by Gasteiger charge is 2.34. The van der Waals surface area contributed by atoms with Gasteiger partial charge in [0.25, 0.3) is 0 Å². The summed E-state index contributed by atoms with van der Waals surface area (Å²) in [4.78, 5) is 30.5. The fourth-order valence-corrected chi connectivity index (χ4v) is 4.90. The summed E-state index contributed by atoms with van der Waals surface area (Å²) in [6.07, 6.45) is 4.05. The molecule has 4 rings (SSSR count). The molecule has 1 aromatic heterocycles. The lowest BCUT2D eigenvalue weighted by Crippen LogP contribution is -2.44. The van der Waals surface area contributed by atoms with Gasteiger partial charge in [0.15, 0.2) is 0 Å². The second-order valence-corrected chi connectivity index (χ2v) is 8.31.